The second kappa shape index (κ2) is 2.61. The summed E-state index contributed by atoms with van der Waals surface area (Å²) in [6, 6.07) is 0. The molecule has 0 amide bonds. The van der Waals surface area contributed by atoms with E-state index in [0.29, 0.717) is 0 Å². The van der Waals surface area contributed by atoms with Crippen molar-refractivity contribution in [3.8, 4) is 0 Å². The zero-order valence-electron chi connectivity index (χ0n) is 6.02. The zero-order valence-corrected chi connectivity index (χ0v) is 6.02. The number of hydrogen-bond acceptors (Lipinski definition) is 2. The molecule has 0 saturated carbocycles. The summed E-state index contributed by atoms with van der Waals surface area (Å²) in [6.07, 6.45) is 2.96. The largest absolute Gasteiger partial charge is 0.480 e. The molecule has 0 aliphatic heterocycles. The molecule has 0 radical (unpaired) electrons. The fourth-order valence-corrected chi connectivity index (χ4v) is 0.777. The van der Waals surface area contributed by atoms with Gasteiger partial charge in [-0.05, 0) is 0 Å². The van der Waals surface area contributed by atoms with E-state index in [1.165, 1.54) is 17.0 Å². The number of carboxylic acid groups (broad SMARTS) is 1. The van der Waals surface area contributed by atoms with E-state index >= 15 is 0 Å². The van der Waals surface area contributed by atoms with E-state index in [1.807, 2.05) is 0 Å². The van der Waals surface area contributed by atoms with Gasteiger partial charge in [-0.25, -0.2) is 4.79 Å². The van der Waals surface area contributed by atoms with Crippen LogP contribution in [0.3, 0.4) is 0 Å². The Hall–Kier alpha value is -1.52. The first-order valence-electron chi connectivity index (χ1n) is 3.05. The molecule has 11 heavy (non-hydrogen) atoms. The lowest BCUT2D eigenvalue weighted by Gasteiger charge is -1.92. The van der Waals surface area contributed by atoms with E-state index in [4.69, 9.17) is 5.11 Å². The Morgan fingerprint density at radius 2 is 2.27 bits per heavy atom. The lowest BCUT2D eigenvalue weighted by molar-refractivity contribution is -0.137. The number of hydrogen-bond donors (Lipinski definition) is 1. The summed E-state index contributed by atoms with van der Waals surface area (Å²) in [6.45, 7) is -0.278. The fourth-order valence-electron chi connectivity index (χ4n) is 0.777. The monoisotopic (exact) mass is 156 g/mol. The molecule has 0 spiro atoms. The number of aryl methyl sites for hydroxylation is 1. The van der Waals surface area contributed by atoms with Crippen LogP contribution in [0.1, 0.15) is 0 Å². The molecule has 0 aliphatic carbocycles. The van der Waals surface area contributed by atoms with Crippen LogP contribution in [0.25, 0.3) is 0 Å². The molecule has 0 bridgehead atoms. The first kappa shape index (κ1) is 7.59. The van der Waals surface area contributed by atoms with Crippen molar-refractivity contribution in [1.82, 2.24) is 9.13 Å². The molecular weight excluding hydrogens is 148 g/mol. The molecule has 1 N–H and O–H groups in total. The molecule has 0 saturated heterocycles. The van der Waals surface area contributed by atoms with Crippen LogP contribution in [-0.2, 0) is 18.4 Å². The van der Waals surface area contributed by atoms with E-state index in [-0.39, 0.29) is 12.2 Å². The van der Waals surface area contributed by atoms with Gasteiger partial charge in [-0.15, -0.1) is 0 Å². The van der Waals surface area contributed by atoms with Gasteiger partial charge in [-0.3, -0.25) is 9.36 Å². The third-order valence-corrected chi connectivity index (χ3v) is 1.32. The second-order valence-corrected chi connectivity index (χ2v) is 2.21. The molecule has 0 fully saturated rings. The van der Waals surface area contributed by atoms with Gasteiger partial charge in [0.25, 0.3) is 0 Å². The summed E-state index contributed by atoms with van der Waals surface area (Å²) in [5, 5.41) is 8.33. The average molecular weight is 156 g/mol. The Bertz CT molecular complexity index is 323. The van der Waals surface area contributed by atoms with E-state index < -0.39 is 5.97 Å². The molecule has 0 atom stereocenters. The highest BCUT2D eigenvalue weighted by Gasteiger charge is 2.02. The van der Waals surface area contributed by atoms with Crippen molar-refractivity contribution in [2.45, 2.75) is 6.54 Å². The molecule has 0 aliphatic rings. The predicted molar refractivity (Wildman–Crippen MR) is 37.3 cm³/mol. The number of imidazole rings is 1. The minimum Gasteiger partial charge on any atom is -0.480 e. The molecule has 60 valence electrons. The predicted octanol–water partition coefficient (Wildman–Crippen LogP) is -0.729. The van der Waals surface area contributed by atoms with Crippen molar-refractivity contribution in [2.24, 2.45) is 7.05 Å². The van der Waals surface area contributed by atoms with E-state index in [1.54, 1.807) is 7.05 Å². The number of nitrogens with zero attached hydrogens (tertiary/aromatic N) is 2. The molecule has 5 nitrogen and oxygen atoms in total. The van der Waals surface area contributed by atoms with Crippen molar-refractivity contribution in [1.29, 1.82) is 0 Å². The van der Waals surface area contributed by atoms with E-state index in [2.05, 4.69) is 0 Å². The number of carboxylic acids is 1. The quantitative estimate of drug-likeness (QED) is 0.614. The van der Waals surface area contributed by atoms with Crippen LogP contribution in [0.15, 0.2) is 17.2 Å². The highest BCUT2D eigenvalue weighted by atomic mass is 16.4. The third-order valence-electron chi connectivity index (χ3n) is 1.32. The summed E-state index contributed by atoms with van der Waals surface area (Å²) >= 11 is 0. The highest BCUT2D eigenvalue weighted by molar-refractivity contribution is 5.66. The summed E-state index contributed by atoms with van der Waals surface area (Å²) in [4.78, 5) is 21.1. The fraction of sp³-hybridized carbons (Fsp3) is 0.333. The first-order valence-corrected chi connectivity index (χ1v) is 3.05. The topological polar surface area (TPSA) is 64.2 Å². The van der Waals surface area contributed by atoms with Gasteiger partial charge in [-0.1, -0.05) is 0 Å². The Morgan fingerprint density at radius 1 is 1.64 bits per heavy atom. The molecule has 0 aromatic carbocycles. The van der Waals surface area contributed by atoms with Crippen LogP contribution in [-0.4, -0.2) is 20.2 Å². The summed E-state index contributed by atoms with van der Waals surface area (Å²) < 4.78 is 2.45. The zero-order chi connectivity index (χ0) is 8.43. The Morgan fingerprint density at radius 3 is 2.64 bits per heavy atom. The van der Waals surface area contributed by atoms with Gasteiger partial charge in [0, 0.05) is 19.4 Å². The van der Waals surface area contributed by atoms with Gasteiger partial charge in [0.15, 0.2) is 0 Å². The number of aliphatic carboxylic acids is 1. The smallest absolute Gasteiger partial charge is 0.328 e. The van der Waals surface area contributed by atoms with Crippen molar-refractivity contribution < 1.29 is 9.90 Å². The van der Waals surface area contributed by atoms with E-state index in [0.717, 1.165) is 4.57 Å². The maximum absolute atomic E-state index is 11.0. The maximum atomic E-state index is 11.0. The molecule has 1 rings (SSSR count). The SMILES string of the molecule is Cn1ccn(CC(=O)O)c1=O. The van der Waals surface area contributed by atoms with Crippen molar-refractivity contribution >= 4 is 5.97 Å². The molecule has 5 heteroatoms. The van der Waals surface area contributed by atoms with Crippen LogP contribution in [0, 0.1) is 0 Å². The lowest BCUT2D eigenvalue weighted by Crippen LogP contribution is -2.24. The molecule has 1 aromatic heterocycles. The molecule has 1 heterocycles. The summed E-state index contributed by atoms with van der Waals surface area (Å²) in [7, 11) is 1.57. The Kier molecular flexibility index (Phi) is 1.80. The maximum Gasteiger partial charge on any atom is 0.328 e. The summed E-state index contributed by atoms with van der Waals surface area (Å²) in [5.74, 6) is -1.02. The number of aromatic nitrogens is 2. The van der Waals surface area contributed by atoms with Gasteiger partial charge < -0.3 is 9.67 Å². The van der Waals surface area contributed by atoms with Gasteiger partial charge >= 0.3 is 11.7 Å². The van der Waals surface area contributed by atoms with Crippen LogP contribution >= 0.6 is 0 Å². The molecular formula is C6H8N2O3. The van der Waals surface area contributed by atoms with Crippen molar-refractivity contribution in [3.63, 3.8) is 0 Å². The Labute approximate surface area is 62.5 Å². The van der Waals surface area contributed by atoms with Gasteiger partial charge in [-0.2, -0.15) is 0 Å². The highest BCUT2D eigenvalue weighted by Crippen LogP contribution is 1.81. The van der Waals surface area contributed by atoms with Gasteiger partial charge in [0.1, 0.15) is 6.54 Å². The minimum atomic E-state index is -1.02. The number of carbonyl (C=O) groups is 1. The third kappa shape index (κ3) is 1.49. The lowest BCUT2D eigenvalue weighted by atomic mass is 10.6. The van der Waals surface area contributed by atoms with Crippen LogP contribution < -0.4 is 5.69 Å². The molecule has 1 aromatic rings. The van der Waals surface area contributed by atoms with Crippen LogP contribution in [0.2, 0.25) is 0 Å². The first-order chi connectivity index (χ1) is 5.11. The average Bonchev–Trinajstić information content (AvgIpc) is 2.18. The van der Waals surface area contributed by atoms with Gasteiger partial charge in [0.2, 0.25) is 0 Å². The van der Waals surface area contributed by atoms with Gasteiger partial charge in [0.05, 0.1) is 0 Å². The second-order valence-electron chi connectivity index (χ2n) is 2.21. The van der Waals surface area contributed by atoms with Crippen molar-refractivity contribution in [2.75, 3.05) is 0 Å². The van der Waals surface area contributed by atoms with Crippen molar-refractivity contribution in [3.05, 3.63) is 22.9 Å². The van der Waals surface area contributed by atoms with Crippen LogP contribution in [0.5, 0.6) is 0 Å². The molecule has 0 unspecified atom stereocenters. The number of rotatable bonds is 2. The normalized spacial score (nSPS) is 9.91. The standard InChI is InChI=1S/C6H8N2O3/c1-7-2-3-8(6(7)11)4-5(9)10/h2-3H,4H2,1H3,(H,9,10). The Balaban J connectivity index is 2.97. The van der Waals surface area contributed by atoms with Crippen LogP contribution in [0.4, 0.5) is 0 Å². The summed E-state index contributed by atoms with van der Waals surface area (Å²) in [5.41, 5.74) is -0.313. The van der Waals surface area contributed by atoms with E-state index in [9.17, 15) is 9.59 Å². The minimum absolute atomic E-state index is 0.278.